The maximum atomic E-state index is 12.0. The molecule has 1 amide bonds. The highest BCUT2D eigenvalue weighted by Crippen LogP contribution is 2.29. The summed E-state index contributed by atoms with van der Waals surface area (Å²) in [5.74, 6) is 11.1. The van der Waals surface area contributed by atoms with E-state index in [9.17, 15) is 13.6 Å². The van der Waals surface area contributed by atoms with Crippen molar-refractivity contribution in [2.45, 2.75) is 32.2 Å². The van der Waals surface area contributed by atoms with Crippen LogP contribution in [0.1, 0.15) is 30.3 Å². The quantitative estimate of drug-likeness (QED) is 0.272. The van der Waals surface area contributed by atoms with E-state index >= 15 is 0 Å². The number of nitrogens with one attached hydrogen (secondary N) is 1. The third-order valence-corrected chi connectivity index (χ3v) is 7.17. The van der Waals surface area contributed by atoms with Gasteiger partial charge in [-0.3, -0.25) is 14.9 Å². The first-order valence-corrected chi connectivity index (χ1v) is 11.5. The van der Waals surface area contributed by atoms with Crippen molar-refractivity contribution in [3.05, 3.63) is 28.8 Å². The van der Waals surface area contributed by atoms with E-state index in [0.717, 1.165) is 33.8 Å². The third-order valence-electron chi connectivity index (χ3n) is 5.21. The highest BCUT2D eigenvalue weighted by Gasteiger charge is 2.35. The number of aryl methyl sites for hydroxylation is 1. The van der Waals surface area contributed by atoms with E-state index in [1.54, 1.807) is 12.4 Å². The second-order valence-electron chi connectivity index (χ2n) is 7.56. The number of benzene rings is 1. The van der Waals surface area contributed by atoms with Gasteiger partial charge in [0.15, 0.2) is 11.1 Å². The number of rotatable bonds is 6. The number of carbonyl (C=O) groups is 1. The largest absolute Gasteiger partial charge is 0.306 e. The molecule has 1 aliphatic heterocycles. The molecular weight excluding hydrogens is 422 g/mol. The van der Waals surface area contributed by atoms with E-state index in [0.29, 0.717) is 12.5 Å². The zero-order valence-corrected chi connectivity index (χ0v) is 18.4. The van der Waals surface area contributed by atoms with Crippen molar-refractivity contribution in [2.75, 3.05) is 19.3 Å². The third kappa shape index (κ3) is 5.45. The molecule has 1 fully saturated rings. The van der Waals surface area contributed by atoms with Crippen LogP contribution in [0.3, 0.4) is 0 Å². The lowest BCUT2D eigenvalue weighted by Crippen LogP contribution is -2.43. The number of thiazole rings is 1. The van der Waals surface area contributed by atoms with Crippen molar-refractivity contribution >= 4 is 38.5 Å². The van der Waals surface area contributed by atoms with Crippen LogP contribution in [-0.2, 0) is 22.3 Å². The normalized spacial score (nSPS) is 18.9. The van der Waals surface area contributed by atoms with Crippen LogP contribution in [-0.4, -0.2) is 55.1 Å². The summed E-state index contributed by atoms with van der Waals surface area (Å²) in [5.41, 5.74) is 2.11. The molecular formula is C21H23N3O4S2. The van der Waals surface area contributed by atoms with Crippen molar-refractivity contribution in [3.63, 3.8) is 0 Å². The number of hydroxylamine groups is 1. The Morgan fingerprint density at radius 2 is 2.27 bits per heavy atom. The molecule has 1 saturated heterocycles. The van der Waals surface area contributed by atoms with E-state index < -0.39 is 22.4 Å². The molecule has 3 rings (SSSR count). The average molecular weight is 446 g/mol. The van der Waals surface area contributed by atoms with Gasteiger partial charge in [0, 0.05) is 18.5 Å². The second-order valence-corrected chi connectivity index (χ2v) is 9.61. The Morgan fingerprint density at radius 3 is 2.90 bits per heavy atom. The number of likely N-dealkylation sites (tertiary alicyclic amines) is 1. The lowest BCUT2D eigenvalue weighted by molar-refractivity contribution is -0.138. The first-order chi connectivity index (χ1) is 14.3. The van der Waals surface area contributed by atoms with Gasteiger partial charge in [-0.2, -0.15) is 0 Å². The number of carbonyl (C=O) groups excluding carboxylic acids is 1. The number of hydrogen-bond acceptors (Lipinski definition) is 6. The monoisotopic (exact) mass is 445 g/mol. The van der Waals surface area contributed by atoms with Gasteiger partial charge in [0.25, 0.3) is 0 Å². The van der Waals surface area contributed by atoms with Crippen molar-refractivity contribution in [3.8, 4) is 23.7 Å². The number of amides is 1. The Morgan fingerprint density at radius 1 is 1.47 bits per heavy atom. The van der Waals surface area contributed by atoms with Crippen molar-refractivity contribution < 1.29 is 18.8 Å². The predicted octanol–water partition coefficient (Wildman–Crippen LogP) is 2.02. The Hall–Kier alpha value is -2.27. The van der Waals surface area contributed by atoms with Crippen molar-refractivity contribution in [1.82, 2.24) is 15.4 Å². The van der Waals surface area contributed by atoms with Gasteiger partial charge in [-0.15, -0.1) is 11.3 Å². The lowest BCUT2D eigenvalue weighted by Gasteiger charge is -2.33. The number of fused-ring (bicyclic) bond motifs is 1. The highest BCUT2D eigenvalue weighted by atomic mass is 32.2. The van der Waals surface area contributed by atoms with E-state index in [-0.39, 0.29) is 12.2 Å². The lowest BCUT2D eigenvalue weighted by atomic mass is 9.87. The summed E-state index contributed by atoms with van der Waals surface area (Å²) in [6, 6.07) is 6.07. The Balaban J connectivity index is 1.70. The summed E-state index contributed by atoms with van der Waals surface area (Å²) in [6.07, 6.45) is 1.82. The minimum Gasteiger partial charge on any atom is -0.306 e. The van der Waals surface area contributed by atoms with Gasteiger partial charge in [0.2, 0.25) is 5.91 Å². The topological polar surface area (TPSA) is 103 Å². The molecule has 0 radical (unpaired) electrons. The number of hydrogen-bond donors (Lipinski definition) is 3. The summed E-state index contributed by atoms with van der Waals surface area (Å²) in [7, 11) is 2.05. The molecule has 1 aromatic heterocycles. The number of nitrogens with zero attached hydrogens (tertiary/aromatic N) is 2. The van der Waals surface area contributed by atoms with Gasteiger partial charge in [-0.05, 0) is 56.9 Å². The van der Waals surface area contributed by atoms with Crippen LogP contribution in [0.2, 0.25) is 0 Å². The van der Waals surface area contributed by atoms with E-state index in [2.05, 4.69) is 33.6 Å². The molecule has 3 atom stereocenters. The molecule has 0 saturated carbocycles. The van der Waals surface area contributed by atoms with Crippen LogP contribution in [0.25, 0.3) is 10.2 Å². The van der Waals surface area contributed by atoms with E-state index in [1.165, 1.54) is 11.3 Å². The molecule has 1 unspecified atom stereocenters. The minimum atomic E-state index is -2.16. The maximum Gasteiger partial charge on any atom is 0.250 e. The SMILES string of the molecule is CN1CC[C@H]1C#CC#Cc1ccc2nc(CC[C@@](C)(CS(=O)O)C(=O)NO)sc2c1. The zero-order valence-electron chi connectivity index (χ0n) is 16.8. The van der Waals surface area contributed by atoms with Crippen molar-refractivity contribution in [1.29, 1.82) is 0 Å². The zero-order chi connectivity index (χ0) is 21.7. The first-order valence-electron chi connectivity index (χ1n) is 9.44. The molecule has 30 heavy (non-hydrogen) atoms. The summed E-state index contributed by atoms with van der Waals surface area (Å²) >= 11 is -0.664. The van der Waals surface area contributed by atoms with Gasteiger partial charge in [-0.25, -0.2) is 14.7 Å². The fourth-order valence-electron chi connectivity index (χ4n) is 3.12. The minimum absolute atomic E-state index is 0.262. The fraction of sp³-hybridized carbons (Fsp3) is 0.429. The molecule has 3 N–H and O–H groups in total. The van der Waals surface area contributed by atoms with Crippen LogP contribution >= 0.6 is 11.3 Å². The summed E-state index contributed by atoms with van der Waals surface area (Å²) in [6.45, 7) is 2.63. The maximum absolute atomic E-state index is 12.0. The van der Waals surface area contributed by atoms with Gasteiger partial charge in [-0.1, -0.05) is 11.8 Å². The van der Waals surface area contributed by atoms with Crippen LogP contribution in [0.4, 0.5) is 0 Å². The molecule has 0 spiro atoms. The van der Waals surface area contributed by atoms with Gasteiger partial charge >= 0.3 is 0 Å². The molecule has 1 aliphatic rings. The summed E-state index contributed by atoms with van der Waals surface area (Å²) in [4.78, 5) is 18.7. The van der Waals surface area contributed by atoms with Crippen LogP contribution in [0.15, 0.2) is 18.2 Å². The molecule has 9 heteroatoms. The Labute approximate surface area is 182 Å². The van der Waals surface area contributed by atoms with Crippen molar-refractivity contribution in [2.24, 2.45) is 5.41 Å². The molecule has 158 valence electrons. The molecule has 0 aliphatic carbocycles. The average Bonchev–Trinajstić information content (AvgIpc) is 3.12. The molecule has 1 aromatic carbocycles. The van der Waals surface area contributed by atoms with Crippen LogP contribution in [0.5, 0.6) is 0 Å². The van der Waals surface area contributed by atoms with E-state index in [1.807, 2.05) is 25.2 Å². The van der Waals surface area contributed by atoms with Gasteiger partial charge in [0.1, 0.15) is 0 Å². The molecule has 7 nitrogen and oxygen atoms in total. The standard InChI is InChI=1S/C21H23N3O4S2/c1-21(14-30(27)28,20(25)23-26)11-9-19-22-17-8-7-15(13-18(17)29-19)5-3-4-6-16-10-12-24(16)2/h7-8,13,16,26H,9-12,14H2,1-2H3,(H,23,25)(H,27,28)/t16-,21+/m1/s1. The molecule has 0 bridgehead atoms. The molecule has 2 aromatic rings. The predicted molar refractivity (Wildman–Crippen MR) is 117 cm³/mol. The number of aromatic nitrogens is 1. The first kappa shape index (κ1) is 22.4. The second kappa shape index (κ2) is 9.69. The highest BCUT2D eigenvalue weighted by molar-refractivity contribution is 7.79. The summed E-state index contributed by atoms with van der Waals surface area (Å²) < 4.78 is 21.4. The molecule has 2 heterocycles. The van der Waals surface area contributed by atoms with Crippen LogP contribution in [0, 0.1) is 29.1 Å². The van der Waals surface area contributed by atoms with Gasteiger partial charge in [0.05, 0.1) is 32.4 Å². The summed E-state index contributed by atoms with van der Waals surface area (Å²) in [5, 5.41) is 9.77. The van der Waals surface area contributed by atoms with E-state index in [4.69, 9.17) is 5.21 Å². The van der Waals surface area contributed by atoms with Gasteiger partial charge < -0.3 is 4.55 Å². The fourth-order valence-corrected chi connectivity index (χ4v) is 4.95. The van der Waals surface area contributed by atoms with Crippen LogP contribution < -0.4 is 5.48 Å². The Bertz CT molecular complexity index is 1090. The smallest absolute Gasteiger partial charge is 0.250 e. The Kier molecular flexibility index (Phi) is 7.24.